The molecule has 1 saturated heterocycles. The van der Waals surface area contributed by atoms with Crippen LogP contribution in [0.5, 0.6) is 0 Å². The van der Waals surface area contributed by atoms with E-state index in [1.54, 1.807) is 10.6 Å². The molecule has 0 spiro atoms. The standard InChI is InChI=1S/C13H16ClN3O/c14-10-3-4-11-12(9-10)17(13(18)15-11)8-7-16-5-1-2-6-16/h3-4,9H,1-2,5-8H2,(H,15,18). The van der Waals surface area contributed by atoms with E-state index in [9.17, 15) is 4.79 Å². The van der Waals surface area contributed by atoms with Crippen LogP contribution in [-0.4, -0.2) is 34.1 Å². The van der Waals surface area contributed by atoms with Crippen molar-refractivity contribution in [3.8, 4) is 0 Å². The third kappa shape index (κ3) is 2.18. The Kier molecular flexibility index (Phi) is 3.14. The minimum Gasteiger partial charge on any atom is -0.306 e. The van der Waals surface area contributed by atoms with Crippen LogP contribution in [0.25, 0.3) is 11.0 Å². The summed E-state index contributed by atoms with van der Waals surface area (Å²) in [6.07, 6.45) is 2.54. The number of nitrogens with zero attached hydrogens (tertiary/aromatic N) is 2. The molecule has 5 heteroatoms. The molecule has 1 aromatic carbocycles. The van der Waals surface area contributed by atoms with Gasteiger partial charge in [0.1, 0.15) is 0 Å². The molecule has 0 amide bonds. The summed E-state index contributed by atoms with van der Waals surface area (Å²) in [5.74, 6) is 0. The predicted octanol–water partition coefficient (Wildman–Crippen LogP) is 2.08. The van der Waals surface area contributed by atoms with E-state index in [4.69, 9.17) is 11.6 Å². The van der Waals surface area contributed by atoms with Crippen LogP contribution in [0.4, 0.5) is 0 Å². The maximum atomic E-state index is 11.9. The second-order valence-corrected chi connectivity index (χ2v) is 5.23. The molecule has 0 radical (unpaired) electrons. The third-order valence-electron chi connectivity index (χ3n) is 3.58. The highest BCUT2D eigenvalue weighted by Crippen LogP contribution is 2.17. The van der Waals surface area contributed by atoms with Crippen molar-refractivity contribution in [1.29, 1.82) is 0 Å². The number of H-pyrrole nitrogens is 1. The monoisotopic (exact) mass is 265 g/mol. The second-order valence-electron chi connectivity index (χ2n) is 4.79. The summed E-state index contributed by atoms with van der Waals surface area (Å²) >= 11 is 5.99. The zero-order chi connectivity index (χ0) is 12.5. The number of aromatic nitrogens is 2. The number of hydrogen-bond donors (Lipinski definition) is 1. The number of halogens is 1. The lowest BCUT2D eigenvalue weighted by Gasteiger charge is -2.14. The van der Waals surface area contributed by atoms with Crippen molar-refractivity contribution < 1.29 is 0 Å². The number of fused-ring (bicyclic) bond motifs is 1. The zero-order valence-electron chi connectivity index (χ0n) is 10.2. The fourth-order valence-corrected chi connectivity index (χ4v) is 2.76. The molecule has 1 fully saturated rings. The zero-order valence-corrected chi connectivity index (χ0v) is 10.9. The van der Waals surface area contributed by atoms with Crippen LogP contribution in [0.15, 0.2) is 23.0 Å². The third-order valence-corrected chi connectivity index (χ3v) is 3.81. The minimum atomic E-state index is -0.0496. The number of benzene rings is 1. The smallest absolute Gasteiger partial charge is 0.306 e. The molecule has 1 aromatic heterocycles. The van der Waals surface area contributed by atoms with E-state index in [1.807, 2.05) is 12.1 Å². The van der Waals surface area contributed by atoms with Crippen molar-refractivity contribution in [2.75, 3.05) is 19.6 Å². The molecule has 1 aliphatic rings. The van der Waals surface area contributed by atoms with Gasteiger partial charge in [0, 0.05) is 18.1 Å². The molecule has 2 aromatic rings. The summed E-state index contributed by atoms with van der Waals surface area (Å²) in [6, 6.07) is 5.49. The first-order valence-corrected chi connectivity index (χ1v) is 6.72. The van der Waals surface area contributed by atoms with Gasteiger partial charge in [-0.1, -0.05) is 11.6 Å². The van der Waals surface area contributed by atoms with Crippen molar-refractivity contribution in [2.24, 2.45) is 0 Å². The van der Waals surface area contributed by atoms with Gasteiger partial charge in [-0.15, -0.1) is 0 Å². The van der Waals surface area contributed by atoms with Crippen LogP contribution in [0.1, 0.15) is 12.8 Å². The van der Waals surface area contributed by atoms with E-state index in [0.29, 0.717) is 5.02 Å². The maximum Gasteiger partial charge on any atom is 0.326 e. The average molecular weight is 266 g/mol. The number of likely N-dealkylation sites (tertiary alicyclic amines) is 1. The summed E-state index contributed by atoms with van der Waals surface area (Å²) in [5.41, 5.74) is 1.70. The predicted molar refractivity (Wildman–Crippen MR) is 73.2 cm³/mol. The lowest BCUT2D eigenvalue weighted by atomic mass is 10.3. The van der Waals surface area contributed by atoms with E-state index < -0.39 is 0 Å². The Morgan fingerprint density at radius 1 is 1.22 bits per heavy atom. The molecule has 2 heterocycles. The van der Waals surface area contributed by atoms with Crippen LogP contribution in [0.3, 0.4) is 0 Å². The number of imidazole rings is 1. The van der Waals surface area contributed by atoms with Crippen LogP contribution < -0.4 is 5.69 Å². The number of rotatable bonds is 3. The average Bonchev–Trinajstić information content (AvgIpc) is 2.94. The van der Waals surface area contributed by atoms with Gasteiger partial charge in [-0.25, -0.2) is 4.79 Å². The molecule has 1 aliphatic heterocycles. The van der Waals surface area contributed by atoms with Gasteiger partial charge < -0.3 is 9.88 Å². The lowest BCUT2D eigenvalue weighted by Crippen LogP contribution is -2.28. The van der Waals surface area contributed by atoms with Gasteiger partial charge in [0.15, 0.2) is 0 Å². The number of hydrogen-bond acceptors (Lipinski definition) is 2. The van der Waals surface area contributed by atoms with Crippen molar-refractivity contribution in [3.63, 3.8) is 0 Å². The van der Waals surface area contributed by atoms with Gasteiger partial charge in [-0.3, -0.25) is 4.57 Å². The second kappa shape index (κ2) is 4.78. The Hall–Kier alpha value is -1.26. The van der Waals surface area contributed by atoms with Gasteiger partial charge in [-0.05, 0) is 44.1 Å². The lowest BCUT2D eigenvalue weighted by molar-refractivity contribution is 0.322. The van der Waals surface area contributed by atoms with Crippen molar-refractivity contribution in [3.05, 3.63) is 33.7 Å². The fraction of sp³-hybridized carbons (Fsp3) is 0.462. The summed E-state index contributed by atoms with van der Waals surface area (Å²) in [7, 11) is 0. The quantitative estimate of drug-likeness (QED) is 0.923. The summed E-state index contributed by atoms with van der Waals surface area (Å²) in [5, 5.41) is 0.663. The Balaban J connectivity index is 1.87. The van der Waals surface area contributed by atoms with Gasteiger partial charge in [0.25, 0.3) is 0 Å². The Labute approximate surface area is 110 Å². The molecule has 18 heavy (non-hydrogen) atoms. The molecule has 0 saturated carbocycles. The largest absolute Gasteiger partial charge is 0.326 e. The van der Waals surface area contributed by atoms with Crippen molar-refractivity contribution in [1.82, 2.24) is 14.5 Å². The van der Waals surface area contributed by atoms with Crippen LogP contribution in [0.2, 0.25) is 5.02 Å². The number of nitrogens with one attached hydrogen (secondary N) is 1. The van der Waals surface area contributed by atoms with E-state index >= 15 is 0 Å². The Bertz CT molecular complexity index is 610. The van der Waals surface area contributed by atoms with Gasteiger partial charge in [0.05, 0.1) is 11.0 Å². The molecule has 0 aliphatic carbocycles. The molecule has 3 rings (SSSR count). The summed E-state index contributed by atoms with van der Waals surface area (Å²) < 4.78 is 1.78. The minimum absolute atomic E-state index is 0.0496. The molecule has 0 atom stereocenters. The molecule has 0 bridgehead atoms. The molecule has 1 N–H and O–H groups in total. The van der Waals surface area contributed by atoms with E-state index in [-0.39, 0.29) is 5.69 Å². The van der Waals surface area contributed by atoms with E-state index in [1.165, 1.54) is 12.8 Å². The van der Waals surface area contributed by atoms with E-state index in [2.05, 4.69) is 9.88 Å². The van der Waals surface area contributed by atoms with Gasteiger partial charge in [-0.2, -0.15) is 0 Å². The SMILES string of the molecule is O=c1[nH]c2ccc(Cl)cc2n1CCN1CCCC1. The first-order valence-electron chi connectivity index (χ1n) is 6.34. The van der Waals surface area contributed by atoms with Crippen molar-refractivity contribution >= 4 is 22.6 Å². The van der Waals surface area contributed by atoms with Crippen LogP contribution in [0, 0.1) is 0 Å². The van der Waals surface area contributed by atoms with Crippen LogP contribution >= 0.6 is 11.6 Å². The number of aromatic amines is 1. The normalized spacial score (nSPS) is 16.7. The van der Waals surface area contributed by atoms with Gasteiger partial charge in [0.2, 0.25) is 0 Å². The van der Waals surface area contributed by atoms with E-state index in [0.717, 1.165) is 37.2 Å². The highest BCUT2D eigenvalue weighted by Gasteiger charge is 2.13. The van der Waals surface area contributed by atoms with Crippen molar-refractivity contribution in [2.45, 2.75) is 19.4 Å². The van der Waals surface area contributed by atoms with Crippen LogP contribution in [-0.2, 0) is 6.54 Å². The van der Waals surface area contributed by atoms with Gasteiger partial charge >= 0.3 is 5.69 Å². The summed E-state index contributed by atoms with van der Waals surface area (Å²) in [4.78, 5) is 17.2. The first-order chi connectivity index (χ1) is 8.74. The molecule has 96 valence electrons. The maximum absolute atomic E-state index is 11.9. The molecule has 0 unspecified atom stereocenters. The highest BCUT2D eigenvalue weighted by atomic mass is 35.5. The molecular weight excluding hydrogens is 250 g/mol. The summed E-state index contributed by atoms with van der Waals surface area (Å²) in [6.45, 7) is 3.95. The fourth-order valence-electron chi connectivity index (χ4n) is 2.60. The highest BCUT2D eigenvalue weighted by molar-refractivity contribution is 6.31. The molecule has 4 nitrogen and oxygen atoms in total. The first kappa shape index (κ1) is 11.8. The Morgan fingerprint density at radius 2 is 2.00 bits per heavy atom. The molecular formula is C13H16ClN3O. The Morgan fingerprint density at radius 3 is 2.78 bits per heavy atom. The topological polar surface area (TPSA) is 41.0 Å².